The molecule has 2 rings (SSSR count). The first kappa shape index (κ1) is 17.4. The van der Waals surface area contributed by atoms with Gasteiger partial charge in [0.15, 0.2) is 6.10 Å². The van der Waals surface area contributed by atoms with Crippen molar-refractivity contribution in [2.45, 2.75) is 24.8 Å². The predicted octanol–water partition coefficient (Wildman–Crippen LogP) is 1.08. The minimum atomic E-state index is -3.69. The lowest BCUT2D eigenvalue weighted by atomic mass is 10.1. The molecule has 1 fully saturated rings. The highest BCUT2D eigenvalue weighted by atomic mass is 32.2. The quantitative estimate of drug-likeness (QED) is 0.762. The Balaban J connectivity index is 2.33. The standard InChI is InChI=1S/C15H18N2O5S/c1-11-3-4-13(9-14(11)15(18)22-12(2)10-16)23(19,20)17-5-7-21-8-6-17/h3-4,9,12H,5-8H2,1-2H3/t12-/m1/s1. The Bertz CT molecular complexity index is 733. The van der Waals surface area contributed by atoms with Crippen molar-refractivity contribution in [2.24, 2.45) is 0 Å². The summed E-state index contributed by atoms with van der Waals surface area (Å²) in [5.74, 6) is -0.712. The van der Waals surface area contributed by atoms with E-state index in [4.69, 9.17) is 14.7 Å². The highest BCUT2D eigenvalue weighted by Crippen LogP contribution is 2.21. The van der Waals surface area contributed by atoms with Crippen LogP contribution in [0.1, 0.15) is 22.8 Å². The minimum Gasteiger partial charge on any atom is -0.444 e. The number of nitriles is 1. The van der Waals surface area contributed by atoms with E-state index in [2.05, 4.69) is 0 Å². The summed E-state index contributed by atoms with van der Waals surface area (Å²) in [5.41, 5.74) is 0.725. The summed E-state index contributed by atoms with van der Waals surface area (Å²) in [4.78, 5) is 12.1. The van der Waals surface area contributed by atoms with Gasteiger partial charge in [-0.1, -0.05) is 6.07 Å². The van der Waals surface area contributed by atoms with E-state index in [1.165, 1.54) is 23.4 Å². The summed E-state index contributed by atoms with van der Waals surface area (Å²) >= 11 is 0. The predicted molar refractivity (Wildman–Crippen MR) is 81.2 cm³/mol. The van der Waals surface area contributed by atoms with Gasteiger partial charge in [-0.3, -0.25) is 0 Å². The number of rotatable bonds is 4. The van der Waals surface area contributed by atoms with Crippen molar-refractivity contribution >= 4 is 16.0 Å². The van der Waals surface area contributed by atoms with Crippen LogP contribution in [0.2, 0.25) is 0 Å². The van der Waals surface area contributed by atoms with Gasteiger partial charge in [-0.15, -0.1) is 0 Å². The molecule has 1 atom stereocenters. The van der Waals surface area contributed by atoms with Crippen LogP contribution >= 0.6 is 0 Å². The van der Waals surface area contributed by atoms with E-state index in [9.17, 15) is 13.2 Å². The van der Waals surface area contributed by atoms with Crippen LogP contribution in [0.4, 0.5) is 0 Å². The molecule has 1 heterocycles. The Kier molecular flexibility index (Phi) is 5.36. The Hall–Kier alpha value is -1.95. The molecule has 124 valence electrons. The number of nitrogens with zero attached hydrogens (tertiary/aromatic N) is 2. The third-order valence-electron chi connectivity index (χ3n) is 3.50. The van der Waals surface area contributed by atoms with E-state index in [0.717, 1.165) is 0 Å². The molecule has 0 saturated carbocycles. The van der Waals surface area contributed by atoms with Crippen LogP contribution in [0.3, 0.4) is 0 Å². The lowest BCUT2D eigenvalue weighted by Crippen LogP contribution is -2.40. The summed E-state index contributed by atoms with van der Waals surface area (Å²) in [6, 6.07) is 6.12. The number of hydrogen-bond acceptors (Lipinski definition) is 6. The molecule has 0 spiro atoms. The van der Waals surface area contributed by atoms with Gasteiger partial charge in [-0.25, -0.2) is 13.2 Å². The first-order chi connectivity index (χ1) is 10.9. The average molecular weight is 338 g/mol. The molecule has 0 bridgehead atoms. The normalized spacial score (nSPS) is 17.3. The number of morpholine rings is 1. The van der Waals surface area contributed by atoms with Crippen molar-refractivity contribution in [1.29, 1.82) is 5.26 Å². The molecule has 0 aromatic heterocycles. The molecule has 0 amide bonds. The molecule has 1 aromatic carbocycles. The average Bonchev–Trinajstić information content (AvgIpc) is 2.55. The number of aryl methyl sites for hydroxylation is 1. The molecule has 23 heavy (non-hydrogen) atoms. The van der Waals surface area contributed by atoms with Gasteiger partial charge in [0.1, 0.15) is 6.07 Å². The fourth-order valence-electron chi connectivity index (χ4n) is 2.17. The number of sulfonamides is 1. The van der Waals surface area contributed by atoms with Crippen LogP contribution in [-0.4, -0.2) is 51.1 Å². The van der Waals surface area contributed by atoms with Crippen LogP contribution in [0, 0.1) is 18.3 Å². The molecule has 1 aliphatic rings. The van der Waals surface area contributed by atoms with E-state index in [0.29, 0.717) is 18.8 Å². The van der Waals surface area contributed by atoms with Crippen molar-refractivity contribution < 1.29 is 22.7 Å². The van der Waals surface area contributed by atoms with E-state index in [-0.39, 0.29) is 23.5 Å². The second-order valence-electron chi connectivity index (χ2n) is 5.17. The minimum absolute atomic E-state index is 0.0292. The third kappa shape index (κ3) is 3.88. The van der Waals surface area contributed by atoms with E-state index < -0.39 is 22.1 Å². The molecule has 0 radical (unpaired) electrons. The molecule has 8 heteroatoms. The number of hydrogen-bond donors (Lipinski definition) is 0. The summed E-state index contributed by atoms with van der Waals surface area (Å²) < 4.78 is 36.7. The molecule has 0 aliphatic carbocycles. The summed E-state index contributed by atoms with van der Waals surface area (Å²) in [6.07, 6.45) is -0.901. The molecule has 1 aromatic rings. The van der Waals surface area contributed by atoms with Crippen molar-refractivity contribution in [1.82, 2.24) is 4.31 Å². The largest absolute Gasteiger partial charge is 0.444 e. The van der Waals surface area contributed by atoms with Crippen molar-refractivity contribution in [3.63, 3.8) is 0 Å². The summed E-state index contributed by atoms with van der Waals surface area (Å²) in [7, 11) is -3.69. The Morgan fingerprint density at radius 3 is 2.65 bits per heavy atom. The van der Waals surface area contributed by atoms with Gasteiger partial charge in [0, 0.05) is 13.1 Å². The number of carbonyl (C=O) groups excluding carboxylic acids is 1. The first-order valence-electron chi connectivity index (χ1n) is 7.15. The fraction of sp³-hybridized carbons (Fsp3) is 0.467. The number of carbonyl (C=O) groups is 1. The van der Waals surface area contributed by atoms with E-state index in [1.807, 2.05) is 0 Å². The van der Waals surface area contributed by atoms with Gasteiger partial charge >= 0.3 is 5.97 Å². The lowest BCUT2D eigenvalue weighted by Gasteiger charge is -2.26. The molecule has 0 unspecified atom stereocenters. The first-order valence-corrected chi connectivity index (χ1v) is 8.59. The Labute approximate surface area is 135 Å². The Morgan fingerprint density at radius 2 is 2.04 bits per heavy atom. The van der Waals surface area contributed by atoms with Crippen molar-refractivity contribution in [3.8, 4) is 6.07 Å². The maximum Gasteiger partial charge on any atom is 0.339 e. The third-order valence-corrected chi connectivity index (χ3v) is 5.40. The van der Waals surface area contributed by atoms with Crippen LogP contribution < -0.4 is 0 Å². The zero-order valence-corrected chi connectivity index (χ0v) is 13.8. The van der Waals surface area contributed by atoms with Crippen molar-refractivity contribution in [2.75, 3.05) is 26.3 Å². The van der Waals surface area contributed by atoms with Crippen LogP contribution in [0.5, 0.6) is 0 Å². The van der Waals surface area contributed by atoms with Gasteiger partial charge in [-0.2, -0.15) is 9.57 Å². The number of benzene rings is 1. The second-order valence-corrected chi connectivity index (χ2v) is 7.11. The summed E-state index contributed by atoms with van der Waals surface area (Å²) in [6.45, 7) is 4.38. The molecular formula is C15H18N2O5S. The molecular weight excluding hydrogens is 320 g/mol. The molecule has 7 nitrogen and oxygen atoms in total. The highest BCUT2D eigenvalue weighted by Gasteiger charge is 2.27. The molecule has 0 N–H and O–H groups in total. The monoisotopic (exact) mass is 338 g/mol. The zero-order valence-electron chi connectivity index (χ0n) is 13.0. The second kappa shape index (κ2) is 7.08. The van der Waals surface area contributed by atoms with Gasteiger partial charge in [-0.05, 0) is 31.5 Å². The smallest absolute Gasteiger partial charge is 0.339 e. The SMILES string of the molecule is Cc1ccc(S(=O)(=O)N2CCOCC2)cc1C(=O)O[C@H](C)C#N. The zero-order chi connectivity index (χ0) is 17.0. The lowest BCUT2D eigenvalue weighted by molar-refractivity contribution is 0.0434. The molecule has 1 saturated heterocycles. The van der Waals surface area contributed by atoms with Gasteiger partial charge in [0.05, 0.1) is 23.7 Å². The summed E-state index contributed by atoms with van der Waals surface area (Å²) in [5, 5.41) is 8.71. The van der Waals surface area contributed by atoms with Crippen molar-refractivity contribution in [3.05, 3.63) is 29.3 Å². The van der Waals surface area contributed by atoms with E-state index >= 15 is 0 Å². The number of ether oxygens (including phenoxy) is 2. The maximum atomic E-state index is 12.6. The number of esters is 1. The van der Waals surface area contributed by atoms with Gasteiger partial charge in [0.25, 0.3) is 0 Å². The topological polar surface area (TPSA) is 96.7 Å². The van der Waals surface area contributed by atoms with Crippen LogP contribution in [0.25, 0.3) is 0 Å². The fourth-order valence-corrected chi connectivity index (χ4v) is 3.60. The van der Waals surface area contributed by atoms with E-state index in [1.54, 1.807) is 19.1 Å². The van der Waals surface area contributed by atoms with Gasteiger partial charge in [0.2, 0.25) is 10.0 Å². The maximum absolute atomic E-state index is 12.6. The van der Waals surface area contributed by atoms with Crippen LogP contribution in [0.15, 0.2) is 23.1 Å². The molecule has 1 aliphatic heterocycles. The Morgan fingerprint density at radius 1 is 1.39 bits per heavy atom. The van der Waals surface area contributed by atoms with Crippen LogP contribution in [-0.2, 0) is 19.5 Å². The highest BCUT2D eigenvalue weighted by molar-refractivity contribution is 7.89. The van der Waals surface area contributed by atoms with Gasteiger partial charge < -0.3 is 9.47 Å².